The fraction of sp³-hybridized carbons (Fsp3) is 0.333. The molecule has 0 N–H and O–H groups in total. The van der Waals surface area contributed by atoms with Gasteiger partial charge in [-0.05, 0) is 36.4 Å². The van der Waals surface area contributed by atoms with Gasteiger partial charge in [-0.2, -0.15) is 12.6 Å². The lowest BCUT2D eigenvalue weighted by molar-refractivity contribution is 0.625. The lowest BCUT2D eigenvalue weighted by Crippen LogP contribution is -1.85. The number of hydrogen-bond donors (Lipinski definition) is 1. The number of rotatable bonds is 3. The number of hydrogen-bond acceptors (Lipinski definition) is 2. The van der Waals surface area contributed by atoms with Crippen LogP contribution in [0.4, 0.5) is 4.39 Å². The summed E-state index contributed by atoms with van der Waals surface area (Å²) >= 11 is 5.82. The summed E-state index contributed by atoms with van der Waals surface area (Å²) in [5, 5.41) is 0. The molecule has 0 aliphatic carbocycles. The Morgan fingerprint density at radius 2 is 2.25 bits per heavy atom. The van der Waals surface area contributed by atoms with E-state index in [1.165, 1.54) is 6.07 Å². The molecule has 0 fully saturated rings. The lowest BCUT2D eigenvalue weighted by Gasteiger charge is -2.03. The van der Waals surface area contributed by atoms with Gasteiger partial charge in [0, 0.05) is 10.6 Å². The first-order chi connectivity index (χ1) is 5.74. The zero-order valence-corrected chi connectivity index (χ0v) is 8.59. The minimum atomic E-state index is -0.164. The van der Waals surface area contributed by atoms with Crippen molar-refractivity contribution in [2.45, 2.75) is 11.8 Å². The number of halogens is 1. The molecule has 0 saturated carbocycles. The zero-order valence-electron chi connectivity index (χ0n) is 6.88. The molecule has 1 aromatic rings. The van der Waals surface area contributed by atoms with E-state index in [0.29, 0.717) is 0 Å². The molecular formula is C9H11FS2. The highest BCUT2D eigenvalue weighted by Crippen LogP contribution is 2.22. The minimum Gasteiger partial charge on any atom is -0.207 e. The molecule has 0 nitrogen and oxygen atoms in total. The smallest absolute Gasteiger partial charge is 0.123 e. The molecule has 0 unspecified atom stereocenters. The highest BCUT2D eigenvalue weighted by atomic mass is 32.2. The van der Waals surface area contributed by atoms with Crippen LogP contribution in [0.5, 0.6) is 0 Å². The Kier molecular flexibility index (Phi) is 3.95. The van der Waals surface area contributed by atoms with Crippen LogP contribution in [0.15, 0.2) is 23.1 Å². The topological polar surface area (TPSA) is 0 Å². The second-order valence-electron chi connectivity index (χ2n) is 2.48. The molecule has 0 saturated heterocycles. The van der Waals surface area contributed by atoms with Crippen LogP contribution in [-0.4, -0.2) is 11.5 Å². The Bertz CT molecular complexity index is 261. The quantitative estimate of drug-likeness (QED) is 0.580. The molecule has 0 spiro atoms. The normalized spacial score (nSPS) is 10.2. The largest absolute Gasteiger partial charge is 0.207 e. The average molecular weight is 202 g/mol. The Morgan fingerprint density at radius 1 is 1.50 bits per heavy atom. The first-order valence-electron chi connectivity index (χ1n) is 3.74. The van der Waals surface area contributed by atoms with Gasteiger partial charge in [-0.1, -0.05) is 0 Å². The maximum absolute atomic E-state index is 12.6. The van der Waals surface area contributed by atoms with Crippen LogP contribution in [0.2, 0.25) is 0 Å². The van der Waals surface area contributed by atoms with Crippen LogP contribution >= 0.6 is 24.4 Å². The number of benzene rings is 1. The van der Waals surface area contributed by atoms with Crippen LogP contribution in [0.3, 0.4) is 0 Å². The number of aryl methyl sites for hydroxylation is 1. The molecule has 0 atom stereocenters. The van der Waals surface area contributed by atoms with Crippen molar-refractivity contribution < 1.29 is 4.39 Å². The molecule has 0 aliphatic heterocycles. The fourth-order valence-corrected chi connectivity index (χ4v) is 1.97. The van der Waals surface area contributed by atoms with Crippen LogP contribution in [0.1, 0.15) is 5.56 Å². The highest BCUT2D eigenvalue weighted by molar-refractivity contribution is 8.00. The number of thioether (sulfide) groups is 1. The second kappa shape index (κ2) is 4.77. The summed E-state index contributed by atoms with van der Waals surface area (Å²) in [6.07, 6.45) is 0. The summed E-state index contributed by atoms with van der Waals surface area (Å²) in [4.78, 5) is 1.14. The molecule has 0 radical (unpaired) electrons. The van der Waals surface area contributed by atoms with Crippen molar-refractivity contribution in [2.75, 3.05) is 11.5 Å². The molecule has 0 aliphatic rings. The molecule has 0 heterocycles. The predicted molar refractivity (Wildman–Crippen MR) is 55.7 cm³/mol. The van der Waals surface area contributed by atoms with E-state index in [1.807, 2.05) is 13.0 Å². The molecule has 1 rings (SSSR count). The van der Waals surface area contributed by atoms with Gasteiger partial charge in [0.15, 0.2) is 0 Å². The molecule has 66 valence electrons. The van der Waals surface area contributed by atoms with Gasteiger partial charge in [0.2, 0.25) is 0 Å². The van der Waals surface area contributed by atoms with Crippen molar-refractivity contribution in [3.05, 3.63) is 29.6 Å². The summed E-state index contributed by atoms with van der Waals surface area (Å²) in [6, 6.07) is 4.87. The summed E-state index contributed by atoms with van der Waals surface area (Å²) < 4.78 is 12.6. The highest BCUT2D eigenvalue weighted by Gasteiger charge is 1.99. The standard InChI is InChI=1S/C9H11FS2/c1-7-6-8(10)2-3-9(7)12-5-4-11/h2-3,6,11H,4-5H2,1H3. The van der Waals surface area contributed by atoms with Crippen LogP contribution in [-0.2, 0) is 0 Å². The first kappa shape index (κ1) is 9.93. The SMILES string of the molecule is Cc1cc(F)ccc1SCCS. The van der Waals surface area contributed by atoms with Gasteiger partial charge in [0.1, 0.15) is 5.82 Å². The van der Waals surface area contributed by atoms with Crippen molar-refractivity contribution in [3.8, 4) is 0 Å². The minimum absolute atomic E-state index is 0.164. The summed E-state index contributed by atoms with van der Waals surface area (Å²) in [7, 11) is 0. The third-order valence-electron chi connectivity index (χ3n) is 1.49. The Labute approximate surface area is 82.0 Å². The molecule has 12 heavy (non-hydrogen) atoms. The monoisotopic (exact) mass is 202 g/mol. The zero-order chi connectivity index (χ0) is 8.97. The molecule has 3 heteroatoms. The van der Waals surface area contributed by atoms with E-state index < -0.39 is 0 Å². The van der Waals surface area contributed by atoms with E-state index >= 15 is 0 Å². The molecular weight excluding hydrogens is 191 g/mol. The van der Waals surface area contributed by atoms with E-state index in [-0.39, 0.29) is 5.82 Å². The van der Waals surface area contributed by atoms with Crippen molar-refractivity contribution >= 4 is 24.4 Å². The van der Waals surface area contributed by atoms with E-state index in [9.17, 15) is 4.39 Å². The van der Waals surface area contributed by atoms with Crippen molar-refractivity contribution in [3.63, 3.8) is 0 Å². The van der Waals surface area contributed by atoms with Gasteiger partial charge >= 0.3 is 0 Å². The summed E-state index contributed by atoms with van der Waals surface area (Å²) in [5.41, 5.74) is 1.00. The summed E-state index contributed by atoms with van der Waals surface area (Å²) in [5.74, 6) is 1.65. The molecule has 0 bridgehead atoms. The van der Waals surface area contributed by atoms with Gasteiger partial charge in [-0.3, -0.25) is 0 Å². The van der Waals surface area contributed by atoms with E-state index in [4.69, 9.17) is 0 Å². The predicted octanol–water partition coefficient (Wildman–Crippen LogP) is 3.16. The third kappa shape index (κ3) is 2.72. The van der Waals surface area contributed by atoms with Gasteiger partial charge in [-0.15, -0.1) is 11.8 Å². The molecule has 0 aromatic heterocycles. The Balaban J connectivity index is 2.72. The van der Waals surface area contributed by atoms with Crippen molar-refractivity contribution in [2.24, 2.45) is 0 Å². The average Bonchev–Trinajstić information content (AvgIpc) is 2.03. The van der Waals surface area contributed by atoms with Crippen molar-refractivity contribution in [1.82, 2.24) is 0 Å². The summed E-state index contributed by atoms with van der Waals surface area (Å²) in [6.45, 7) is 1.92. The molecule has 1 aromatic carbocycles. The Morgan fingerprint density at radius 3 is 2.83 bits per heavy atom. The second-order valence-corrected chi connectivity index (χ2v) is 4.07. The van der Waals surface area contributed by atoms with Gasteiger partial charge in [0.05, 0.1) is 0 Å². The van der Waals surface area contributed by atoms with Crippen LogP contribution in [0.25, 0.3) is 0 Å². The van der Waals surface area contributed by atoms with Crippen LogP contribution in [0, 0.1) is 12.7 Å². The lowest BCUT2D eigenvalue weighted by atomic mass is 10.2. The van der Waals surface area contributed by atoms with Gasteiger partial charge in [-0.25, -0.2) is 4.39 Å². The number of thiol groups is 1. The van der Waals surface area contributed by atoms with Crippen LogP contribution < -0.4 is 0 Å². The maximum Gasteiger partial charge on any atom is 0.123 e. The maximum atomic E-state index is 12.6. The van der Waals surface area contributed by atoms with E-state index in [0.717, 1.165) is 22.0 Å². The van der Waals surface area contributed by atoms with Gasteiger partial charge < -0.3 is 0 Å². The third-order valence-corrected chi connectivity index (χ3v) is 3.19. The van der Waals surface area contributed by atoms with Gasteiger partial charge in [0.25, 0.3) is 0 Å². The van der Waals surface area contributed by atoms with Crippen molar-refractivity contribution in [1.29, 1.82) is 0 Å². The Hall–Kier alpha value is -0.150. The van der Waals surface area contributed by atoms with E-state index in [2.05, 4.69) is 12.6 Å². The molecule has 0 amide bonds. The fourth-order valence-electron chi connectivity index (χ4n) is 0.930. The first-order valence-corrected chi connectivity index (χ1v) is 5.35. The van der Waals surface area contributed by atoms with E-state index in [1.54, 1.807) is 17.8 Å².